The molecule has 0 radical (unpaired) electrons. The molecule has 4 rings (SSSR count). The number of hydrogen-bond acceptors (Lipinski definition) is 5. The summed E-state index contributed by atoms with van der Waals surface area (Å²) in [5, 5.41) is 22.2. The zero-order valence-corrected chi connectivity index (χ0v) is 18.2. The van der Waals surface area contributed by atoms with Gasteiger partial charge in [0.2, 0.25) is 0 Å². The first-order valence-electron chi connectivity index (χ1n) is 9.97. The minimum Gasteiger partial charge on any atom is -0.507 e. The van der Waals surface area contributed by atoms with E-state index in [0.29, 0.717) is 10.6 Å². The molecule has 7 nitrogen and oxygen atoms in total. The van der Waals surface area contributed by atoms with Gasteiger partial charge in [-0.15, -0.1) is 0 Å². The standard InChI is InChI=1S/C24H14ClF3N2O5/c25-16-8-4-13(5-9-16)20-19(21(31)14-6-10-17(11-7-14)30(34)35)22(32)23(33)29(20)18-3-1-2-15(12-18)24(26,27)28/h1-12,20,31H/b21-19+/t20-/m0/s1. The summed E-state index contributed by atoms with van der Waals surface area (Å²) in [5.41, 5.74) is -1.57. The number of anilines is 1. The number of halogens is 4. The Morgan fingerprint density at radius 3 is 2.20 bits per heavy atom. The van der Waals surface area contributed by atoms with Crippen molar-refractivity contribution in [2.45, 2.75) is 12.2 Å². The quantitative estimate of drug-likeness (QED) is 0.157. The fraction of sp³-hybridized carbons (Fsp3) is 0.0833. The number of aliphatic hydroxyl groups excluding tert-OH is 1. The van der Waals surface area contributed by atoms with Gasteiger partial charge in [0, 0.05) is 28.4 Å². The number of alkyl halides is 3. The first-order chi connectivity index (χ1) is 16.5. The monoisotopic (exact) mass is 502 g/mol. The van der Waals surface area contributed by atoms with Crippen molar-refractivity contribution in [3.63, 3.8) is 0 Å². The SMILES string of the molecule is O=C1C(=O)N(c2cccc(C(F)(F)F)c2)[C@@H](c2ccc(Cl)cc2)/C1=C(\O)c1ccc([N+](=O)[O-])cc1. The van der Waals surface area contributed by atoms with Gasteiger partial charge in [-0.05, 0) is 48.0 Å². The number of nitrogens with zero attached hydrogens (tertiary/aromatic N) is 2. The normalized spacial score (nSPS) is 17.6. The van der Waals surface area contributed by atoms with E-state index in [2.05, 4.69) is 0 Å². The molecule has 3 aromatic rings. The summed E-state index contributed by atoms with van der Waals surface area (Å²) in [5.74, 6) is -2.90. The van der Waals surface area contributed by atoms with Gasteiger partial charge in [0.05, 0.1) is 22.1 Å². The highest BCUT2D eigenvalue weighted by atomic mass is 35.5. The first kappa shape index (κ1) is 24.0. The van der Waals surface area contributed by atoms with Crippen molar-refractivity contribution >= 4 is 40.4 Å². The van der Waals surface area contributed by atoms with Crippen molar-refractivity contribution < 1.29 is 32.8 Å². The Morgan fingerprint density at radius 1 is 1.00 bits per heavy atom. The fourth-order valence-electron chi connectivity index (χ4n) is 3.79. The van der Waals surface area contributed by atoms with Gasteiger partial charge in [0.25, 0.3) is 17.4 Å². The molecule has 35 heavy (non-hydrogen) atoms. The van der Waals surface area contributed by atoms with Crippen LogP contribution in [0.25, 0.3) is 5.76 Å². The zero-order valence-electron chi connectivity index (χ0n) is 17.5. The molecule has 178 valence electrons. The molecule has 3 aromatic carbocycles. The first-order valence-corrected chi connectivity index (χ1v) is 10.4. The molecular weight excluding hydrogens is 489 g/mol. The van der Waals surface area contributed by atoms with E-state index >= 15 is 0 Å². The number of non-ortho nitro benzene ring substituents is 1. The van der Waals surface area contributed by atoms with E-state index in [9.17, 15) is 38.0 Å². The maximum atomic E-state index is 13.3. The summed E-state index contributed by atoms with van der Waals surface area (Å²) in [6.07, 6.45) is -4.70. The van der Waals surface area contributed by atoms with E-state index < -0.39 is 40.2 Å². The topological polar surface area (TPSA) is 101 Å². The van der Waals surface area contributed by atoms with Crippen LogP contribution in [0.1, 0.15) is 22.7 Å². The third-order valence-electron chi connectivity index (χ3n) is 5.43. The molecule has 1 amide bonds. The molecule has 1 N–H and O–H groups in total. The summed E-state index contributed by atoms with van der Waals surface area (Å²) in [4.78, 5) is 37.2. The number of carbonyl (C=O) groups is 2. The molecular formula is C24H14ClF3N2O5. The molecule has 11 heteroatoms. The van der Waals surface area contributed by atoms with Crippen LogP contribution in [-0.2, 0) is 15.8 Å². The third kappa shape index (κ3) is 4.47. The minimum absolute atomic E-state index is 0.0107. The van der Waals surface area contributed by atoms with Crippen LogP contribution in [0, 0.1) is 10.1 Å². The average molecular weight is 503 g/mol. The van der Waals surface area contributed by atoms with Crippen molar-refractivity contribution in [2.75, 3.05) is 4.90 Å². The van der Waals surface area contributed by atoms with Crippen LogP contribution in [-0.4, -0.2) is 21.7 Å². The van der Waals surface area contributed by atoms with Crippen molar-refractivity contribution in [3.05, 3.63) is 110 Å². The molecule has 0 saturated carbocycles. The van der Waals surface area contributed by atoms with Crippen molar-refractivity contribution in [2.24, 2.45) is 0 Å². The van der Waals surface area contributed by atoms with Crippen LogP contribution in [0.4, 0.5) is 24.5 Å². The second-order valence-corrected chi connectivity index (χ2v) is 8.01. The number of Topliss-reactive ketones (excluding diaryl/α,β-unsaturated/α-hetero) is 1. The number of carbonyl (C=O) groups excluding carboxylic acids is 2. The second kappa shape index (κ2) is 8.88. The number of nitro groups is 1. The molecule has 0 spiro atoms. The number of aliphatic hydroxyl groups is 1. The largest absolute Gasteiger partial charge is 0.507 e. The molecule has 1 aliphatic heterocycles. The summed E-state index contributed by atoms with van der Waals surface area (Å²) in [6.45, 7) is 0. The van der Waals surface area contributed by atoms with Gasteiger partial charge < -0.3 is 5.11 Å². The molecule has 1 atom stereocenters. The Bertz CT molecular complexity index is 1370. The summed E-state index contributed by atoms with van der Waals surface area (Å²) < 4.78 is 40.0. The van der Waals surface area contributed by atoms with E-state index in [-0.39, 0.29) is 22.5 Å². The van der Waals surface area contributed by atoms with Crippen LogP contribution in [0.15, 0.2) is 78.4 Å². The maximum Gasteiger partial charge on any atom is 0.416 e. The second-order valence-electron chi connectivity index (χ2n) is 7.57. The molecule has 1 fully saturated rings. The number of benzene rings is 3. The van der Waals surface area contributed by atoms with Gasteiger partial charge in [-0.1, -0.05) is 29.8 Å². The number of rotatable bonds is 4. The highest BCUT2D eigenvalue weighted by molar-refractivity contribution is 6.51. The zero-order chi connectivity index (χ0) is 25.5. The minimum atomic E-state index is -4.70. The van der Waals surface area contributed by atoms with Crippen molar-refractivity contribution in [3.8, 4) is 0 Å². The predicted octanol–water partition coefficient (Wildman–Crippen LogP) is 5.89. The van der Waals surface area contributed by atoms with Crippen molar-refractivity contribution in [1.29, 1.82) is 0 Å². The Balaban J connectivity index is 1.92. The molecule has 1 heterocycles. The predicted molar refractivity (Wildman–Crippen MR) is 121 cm³/mol. The Morgan fingerprint density at radius 2 is 1.63 bits per heavy atom. The molecule has 1 aliphatic rings. The summed E-state index contributed by atoms with van der Waals surface area (Å²) in [7, 11) is 0. The van der Waals surface area contributed by atoms with Crippen LogP contribution >= 0.6 is 11.6 Å². The summed E-state index contributed by atoms with van der Waals surface area (Å²) in [6, 6.07) is 13.1. The van der Waals surface area contributed by atoms with Gasteiger partial charge in [-0.25, -0.2) is 0 Å². The lowest BCUT2D eigenvalue weighted by molar-refractivity contribution is -0.384. The number of nitro benzene ring substituents is 1. The van der Waals surface area contributed by atoms with Crippen LogP contribution in [0.3, 0.4) is 0 Å². The van der Waals surface area contributed by atoms with Crippen LogP contribution in [0.5, 0.6) is 0 Å². The number of hydrogen-bond donors (Lipinski definition) is 1. The average Bonchev–Trinajstić information content (AvgIpc) is 3.09. The Kier molecular flexibility index (Phi) is 6.08. The summed E-state index contributed by atoms with van der Waals surface area (Å²) >= 11 is 5.95. The number of ketones is 1. The lowest BCUT2D eigenvalue weighted by Crippen LogP contribution is -2.29. The lowest BCUT2D eigenvalue weighted by Gasteiger charge is -2.26. The molecule has 0 unspecified atom stereocenters. The lowest BCUT2D eigenvalue weighted by atomic mass is 9.95. The van der Waals surface area contributed by atoms with Gasteiger partial charge >= 0.3 is 6.18 Å². The van der Waals surface area contributed by atoms with Gasteiger partial charge in [-0.3, -0.25) is 24.6 Å². The van der Waals surface area contributed by atoms with Crippen LogP contribution < -0.4 is 4.90 Å². The highest BCUT2D eigenvalue weighted by Gasteiger charge is 2.47. The molecule has 0 bridgehead atoms. The molecule has 0 aromatic heterocycles. The number of amides is 1. The fourth-order valence-corrected chi connectivity index (χ4v) is 3.91. The van der Waals surface area contributed by atoms with Gasteiger partial charge in [0.15, 0.2) is 0 Å². The maximum absolute atomic E-state index is 13.3. The molecule has 1 saturated heterocycles. The van der Waals surface area contributed by atoms with E-state index in [1.54, 1.807) is 0 Å². The van der Waals surface area contributed by atoms with E-state index in [4.69, 9.17) is 11.6 Å². The van der Waals surface area contributed by atoms with Crippen LogP contribution in [0.2, 0.25) is 5.02 Å². The Hall–Kier alpha value is -4.18. The molecule has 0 aliphatic carbocycles. The third-order valence-corrected chi connectivity index (χ3v) is 5.69. The smallest absolute Gasteiger partial charge is 0.416 e. The highest BCUT2D eigenvalue weighted by Crippen LogP contribution is 2.43. The van der Waals surface area contributed by atoms with Crippen molar-refractivity contribution in [1.82, 2.24) is 0 Å². The van der Waals surface area contributed by atoms with Gasteiger partial charge in [-0.2, -0.15) is 13.2 Å². The van der Waals surface area contributed by atoms with E-state index in [1.165, 1.54) is 42.5 Å². The Labute approximate surface area is 200 Å². The van der Waals surface area contributed by atoms with E-state index in [1.807, 2.05) is 0 Å². The van der Waals surface area contributed by atoms with E-state index in [0.717, 1.165) is 35.2 Å². The van der Waals surface area contributed by atoms with Gasteiger partial charge in [0.1, 0.15) is 5.76 Å².